The number of nitrogens with one attached hydrogen (secondary N) is 1. The molecule has 3 aromatic carbocycles. The van der Waals surface area contributed by atoms with Gasteiger partial charge in [-0.05, 0) is 61.1 Å². The molecule has 1 N–H and O–H groups in total. The number of amides is 2. The number of fused-ring (bicyclic) bond motifs is 1. The van der Waals surface area contributed by atoms with E-state index >= 15 is 0 Å². The summed E-state index contributed by atoms with van der Waals surface area (Å²) >= 11 is 1.46. The summed E-state index contributed by atoms with van der Waals surface area (Å²) in [4.78, 5) is 29.5. The van der Waals surface area contributed by atoms with Crippen LogP contribution in [0.1, 0.15) is 37.0 Å². The SMILES string of the molecule is CCc1ccc(/C=C2\Sc3ccccc3N(CC(=O)N[C@@H](C)CCc3ccccc3)C2=O)cc1. The lowest BCUT2D eigenvalue weighted by Crippen LogP contribution is -2.45. The number of carbonyl (C=O) groups excluding carboxylic acids is 2. The second kappa shape index (κ2) is 11.2. The van der Waals surface area contributed by atoms with Gasteiger partial charge in [0.25, 0.3) is 5.91 Å². The number of carbonyl (C=O) groups is 2. The molecule has 1 aliphatic heterocycles. The zero-order valence-corrected chi connectivity index (χ0v) is 20.5. The Morgan fingerprint density at radius 3 is 2.41 bits per heavy atom. The second-order valence-electron chi connectivity index (χ2n) is 8.56. The van der Waals surface area contributed by atoms with Gasteiger partial charge in [-0.15, -0.1) is 0 Å². The third-order valence-corrected chi connectivity index (χ3v) is 7.01. The molecule has 4 nitrogen and oxygen atoms in total. The van der Waals surface area contributed by atoms with E-state index in [1.54, 1.807) is 4.90 Å². The van der Waals surface area contributed by atoms with Crippen LogP contribution in [0.3, 0.4) is 0 Å². The van der Waals surface area contributed by atoms with Crippen LogP contribution in [-0.4, -0.2) is 24.4 Å². The first-order chi connectivity index (χ1) is 16.5. The van der Waals surface area contributed by atoms with Gasteiger partial charge in [-0.1, -0.05) is 85.4 Å². The van der Waals surface area contributed by atoms with E-state index in [0.29, 0.717) is 4.91 Å². The molecule has 0 radical (unpaired) electrons. The molecule has 0 fully saturated rings. The first-order valence-electron chi connectivity index (χ1n) is 11.8. The van der Waals surface area contributed by atoms with Crippen molar-refractivity contribution in [2.24, 2.45) is 0 Å². The molecule has 0 aliphatic carbocycles. The molecule has 1 heterocycles. The number of hydrogen-bond acceptors (Lipinski definition) is 3. The lowest BCUT2D eigenvalue weighted by molar-refractivity contribution is -0.122. The number of anilines is 1. The maximum absolute atomic E-state index is 13.4. The summed E-state index contributed by atoms with van der Waals surface area (Å²) in [6.45, 7) is 4.13. The Hall–Kier alpha value is -3.31. The first-order valence-corrected chi connectivity index (χ1v) is 12.6. The predicted octanol–water partition coefficient (Wildman–Crippen LogP) is 5.87. The van der Waals surface area contributed by atoms with Crippen molar-refractivity contribution in [3.05, 3.63) is 100 Å². The zero-order valence-electron chi connectivity index (χ0n) is 19.7. The molecule has 0 aromatic heterocycles. The molecular formula is C29H30N2O2S. The van der Waals surface area contributed by atoms with Gasteiger partial charge < -0.3 is 5.32 Å². The number of nitrogens with zero attached hydrogens (tertiary/aromatic N) is 1. The molecular weight excluding hydrogens is 440 g/mol. The fourth-order valence-corrected chi connectivity index (χ4v) is 5.04. The molecule has 0 saturated heterocycles. The van der Waals surface area contributed by atoms with Gasteiger partial charge in [0.2, 0.25) is 5.91 Å². The number of benzene rings is 3. The number of aryl methyl sites for hydroxylation is 2. The number of hydrogen-bond donors (Lipinski definition) is 1. The van der Waals surface area contributed by atoms with Crippen LogP contribution in [0, 0.1) is 0 Å². The van der Waals surface area contributed by atoms with E-state index in [4.69, 9.17) is 0 Å². The topological polar surface area (TPSA) is 49.4 Å². The van der Waals surface area contributed by atoms with Gasteiger partial charge in [-0.2, -0.15) is 0 Å². The third kappa shape index (κ3) is 5.97. The summed E-state index contributed by atoms with van der Waals surface area (Å²) in [5, 5.41) is 3.07. The minimum Gasteiger partial charge on any atom is -0.352 e. The Morgan fingerprint density at radius 1 is 0.971 bits per heavy atom. The largest absolute Gasteiger partial charge is 0.352 e. The van der Waals surface area contributed by atoms with Crippen molar-refractivity contribution in [1.29, 1.82) is 0 Å². The third-order valence-electron chi connectivity index (χ3n) is 5.94. The standard InChI is InChI=1S/C29H30N2O2S/c1-3-22-15-17-24(18-16-22)19-27-29(33)31(25-11-7-8-12-26(25)34-27)20-28(32)30-21(2)13-14-23-9-5-4-6-10-23/h4-12,15-19,21H,3,13-14,20H2,1-2H3,(H,30,32)/b27-19-/t21-/m0/s1. The van der Waals surface area contributed by atoms with E-state index in [-0.39, 0.29) is 24.4 Å². The van der Waals surface area contributed by atoms with Crippen LogP contribution in [0.5, 0.6) is 0 Å². The van der Waals surface area contributed by atoms with Crippen molar-refractivity contribution in [1.82, 2.24) is 5.32 Å². The molecule has 0 saturated carbocycles. The van der Waals surface area contributed by atoms with Crippen molar-refractivity contribution >= 4 is 35.3 Å². The average molecular weight is 471 g/mol. The normalized spacial score (nSPS) is 15.2. The van der Waals surface area contributed by atoms with Gasteiger partial charge in [-0.3, -0.25) is 14.5 Å². The smallest absolute Gasteiger partial charge is 0.265 e. The Kier molecular flexibility index (Phi) is 7.86. The maximum atomic E-state index is 13.4. The molecule has 5 heteroatoms. The molecule has 1 atom stereocenters. The van der Waals surface area contributed by atoms with Crippen LogP contribution >= 0.6 is 11.8 Å². The van der Waals surface area contributed by atoms with E-state index in [2.05, 4.69) is 36.5 Å². The van der Waals surface area contributed by atoms with E-state index in [0.717, 1.165) is 35.4 Å². The molecule has 2 amide bonds. The number of rotatable bonds is 8. The van der Waals surface area contributed by atoms with Crippen LogP contribution in [0.15, 0.2) is 88.7 Å². The van der Waals surface area contributed by atoms with Gasteiger partial charge in [-0.25, -0.2) is 0 Å². The van der Waals surface area contributed by atoms with E-state index in [9.17, 15) is 9.59 Å². The van der Waals surface area contributed by atoms with Crippen molar-refractivity contribution in [2.75, 3.05) is 11.4 Å². The van der Waals surface area contributed by atoms with Crippen LogP contribution in [-0.2, 0) is 22.4 Å². The van der Waals surface area contributed by atoms with Crippen molar-refractivity contribution in [2.45, 2.75) is 44.0 Å². The lowest BCUT2D eigenvalue weighted by Gasteiger charge is -2.30. The molecule has 174 valence electrons. The Balaban J connectivity index is 1.46. The average Bonchev–Trinajstić information content (AvgIpc) is 2.86. The Bertz CT molecular complexity index is 1170. The van der Waals surface area contributed by atoms with E-state index in [1.807, 2.05) is 67.6 Å². The fourth-order valence-electron chi connectivity index (χ4n) is 3.98. The Labute approximate surface area is 206 Å². The van der Waals surface area contributed by atoms with Gasteiger partial charge in [0.1, 0.15) is 6.54 Å². The highest BCUT2D eigenvalue weighted by Crippen LogP contribution is 2.41. The maximum Gasteiger partial charge on any atom is 0.265 e. The molecule has 0 bridgehead atoms. The Morgan fingerprint density at radius 2 is 1.68 bits per heavy atom. The highest BCUT2D eigenvalue weighted by molar-refractivity contribution is 8.04. The van der Waals surface area contributed by atoms with Crippen LogP contribution in [0.25, 0.3) is 6.08 Å². The van der Waals surface area contributed by atoms with Crippen molar-refractivity contribution < 1.29 is 9.59 Å². The van der Waals surface area contributed by atoms with Gasteiger partial charge in [0.15, 0.2) is 0 Å². The minimum atomic E-state index is -0.151. The molecule has 34 heavy (non-hydrogen) atoms. The monoisotopic (exact) mass is 470 g/mol. The van der Waals surface area contributed by atoms with Crippen molar-refractivity contribution in [3.63, 3.8) is 0 Å². The molecule has 0 unspecified atom stereocenters. The van der Waals surface area contributed by atoms with E-state index in [1.165, 1.54) is 22.9 Å². The summed E-state index contributed by atoms with van der Waals surface area (Å²) in [5.74, 6) is -0.294. The molecule has 0 spiro atoms. The summed E-state index contributed by atoms with van der Waals surface area (Å²) in [7, 11) is 0. The number of para-hydroxylation sites is 1. The van der Waals surface area contributed by atoms with E-state index < -0.39 is 0 Å². The molecule has 1 aliphatic rings. The van der Waals surface area contributed by atoms with Crippen LogP contribution < -0.4 is 10.2 Å². The van der Waals surface area contributed by atoms with Gasteiger partial charge in [0.05, 0.1) is 10.6 Å². The van der Waals surface area contributed by atoms with Gasteiger partial charge >= 0.3 is 0 Å². The first kappa shape index (κ1) is 23.8. The fraction of sp³-hybridized carbons (Fsp3) is 0.241. The predicted molar refractivity (Wildman–Crippen MR) is 141 cm³/mol. The number of thioether (sulfide) groups is 1. The summed E-state index contributed by atoms with van der Waals surface area (Å²) in [5.41, 5.74) is 4.27. The minimum absolute atomic E-state index is 0.00179. The zero-order chi connectivity index (χ0) is 23.9. The quantitative estimate of drug-likeness (QED) is 0.419. The summed E-state index contributed by atoms with van der Waals surface area (Å²) in [6, 6.07) is 26.3. The highest BCUT2D eigenvalue weighted by atomic mass is 32.2. The molecule has 4 rings (SSSR count). The lowest BCUT2D eigenvalue weighted by atomic mass is 10.1. The molecule has 3 aromatic rings. The highest BCUT2D eigenvalue weighted by Gasteiger charge is 2.30. The van der Waals surface area contributed by atoms with Crippen LogP contribution in [0.2, 0.25) is 0 Å². The van der Waals surface area contributed by atoms with Crippen LogP contribution in [0.4, 0.5) is 5.69 Å². The van der Waals surface area contributed by atoms with Crippen molar-refractivity contribution in [3.8, 4) is 0 Å². The summed E-state index contributed by atoms with van der Waals surface area (Å²) in [6.07, 6.45) is 4.63. The van der Waals surface area contributed by atoms with Gasteiger partial charge in [0, 0.05) is 10.9 Å². The summed E-state index contributed by atoms with van der Waals surface area (Å²) < 4.78 is 0. The second-order valence-corrected chi connectivity index (χ2v) is 9.64.